The quantitative estimate of drug-likeness (QED) is 0.770. The first-order chi connectivity index (χ1) is 9.79. The fourth-order valence-electron chi connectivity index (χ4n) is 2.28. The third kappa shape index (κ3) is 2.42. The number of rotatable bonds is 4. The van der Waals surface area contributed by atoms with Crippen LogP contribution in [0.15, 0.2) is 54.6 Å². The largest absolute Gasteiger partial charge is 0.493 e. The van der Waals surface area contributed by atoms with Gasteiger partial charge in [-0.2, -0.15) is 0 Å². The Morgan fingerprint density at radius 2 is 1.85 bits per heavy atom. The van der Waals surface area contributed by atoms with E-state index in [2.05, 4.69) is 12.1 Å². The molecule has 2 aromatic carbocycles. The molecular formula is C17H16O2S. The van der Waals surface area contributed by atoms with E-state index in [0.29, 0.717) is 6.61 Å². The molecule has 1 unspecified atom stereocenters. The van der Waals surface area contributed by atoms with Crippen LogP contribution >= 0.6 is 11.3 Å². The highest BCUT2D eigenvalue weighted by molar-refractivity contribution is 7.19. The molecule has 0 bridgehead atoms. The number of aliphatic hydroxyl groups is 1. The van der Waals surface area contributed by atoms with Crippen molar-refractivity contribution in [3.05, 3.63) is 65.0 Å². The van der Waals surface area contributed by atoms with Crippen molar-refractivity contribution in [2.75, 3.05) is 6.61 Å². The van der Waals surface area contributed by atoms with Gasteiger partial charge in [-0.3, -0.25) is 0 Å². The number of hydrogen-bond acceptors (Lipinski definition) is 3. The first kappa shape index (κ1) is 13.2. The molecule has 0 saturated heterocycles. The number of aliphatic hydroxyl groups excluding tert-OH is 1. The van der Waals surface area contributed by atoms with E-state index in [1.807, 2.05) is 49.4 Å². The number of thiophene rings is 1. The van der Waals surface area contributed by atoms with Crippen molar-refractivity contribution in [1.29, 1.82) is 0 Å². The van der Waals surface area contributed by atoms with E-state index in [-0.39, 0.29) is 0 Å². The van der Waals surface area contributed by atoms with Gasteiger partial charge >= 0.3 is 0 Å². The average molecular weight is 284 g/mol. The summed E-state index contributed by atoms with van der Waals surface area (Å²) in [6, 6.07) is 17.9. The van der Waals surface area contributed by atoms with Crippen molar-refractivity contribution in [2.24, 2.45) is 0 Å². The lowest BCUT2D eigenvalue weighted by atomic mass is 10.1. The smallest absolute Gasteiger partial charge is 0.125 e. The van der Waals surface area contributed by atoms with Gasteiger partial charge in [-0.15, -0.1) is 11.3 Å². The normalized spacial score (nSPS) is 12.5. The monoisotopic (exact) mass is 284 g/mol. The summed E-state index contributed by atoms with van der Waals surface area (Å²) in [6.45, 7) is 2.54. The second kappa shape index (κ2) is 5.65. The summed E-state index contributed by atoms with van der Waals surface area (Å²) in [5.74, 6) is 0.750. The van der Waals surface area contributed by atoms with Gasteiger partial charge in [-0.1, -0.05) is 36.4 Å². The van der Waals surface area contributed by atoms with Crippen LogP contribution in [-0.2, 0) is 0 Å². The van der Waals surface area contributed by atoms with Gasteiger partial charge in [0, 0.05) is 15.1 Å². The summed E-state index contributed by atoms with van der Waals surface area (Å²) < 4.78 is 6.79. The topological polar surface area (TPSA) is 29.5 Å². The first-order valence-corrected chi connectivity index (χ1v) is 7.49. The van der Waals surface area contributed by atoms with Crippen LogP contribution < -0.4 is 4.74 Å². The zero-order chi connectivity index (χ0) is 13.9. The molecule has 1 N–H and O–H groups in total. The molecule has 3 rings (SSSR count). The average Bonchev–Trinajstić information content (AvgIpc) is 2.91. The van der Waals surface area contributed by atoms with Crippen molar-refractivity contribution in [3.8, 4) is 5.75 Å². The molecule has 0 saturated carbocycles. The van der Waals surface area contributed by atoms with Crippen LogP contribution in [0, 0.1) is 0 Å². The van der Waals surface area contributed by atoms with Gasteiger partial charge in [0.15, 0.2) is 0 Å². The standard InChI is InChI=1S/C17H16O2S/c1-2-19-14-9-5-4-8-13(14)17(18)16-11-12-7-3-6-10-15(12)20-16/h3-11,17-18H,2H2,1H3. The van der Waals surface area contributed by atoms with Crippen molar-refractivity contribution in [2.45, 2.75) is 13.0 Å². The highest BCUT2D eigenvalue weighted by Gasteiger charge is 2.17. The van der Waals surface area contributed by atoms with Crippen LogP contribution in [0.2, 0.25) is 0 Å². The van der Waals surface area contributed by atoms with Gasteiger partial charge in [0.05, 0.1) is 6.61 Å². The fraction of sp³-hybridized carbons (Fsp3) is 0.176. The zero-order valence-corrected chi connectivity index (χ0v) is 12.1. The van der Waals surface area contributed by atoms with Crippen LogP contribution in [-0.4, -0.2) is 11.7 Å². The van der Waals surface area contributed by atoms with Gasteiger partial charge in [-0.25, -0.2) is 0 Å². The Hall–Kier alpha value is -1.84. The lowest BCUT2D eigenvalue weighted by molar-refractivity contribution is 0.215. The Bertz CT molecular complexity index is 685. The maximum atomic E-state index is 10.6. The minimum Gasteiger partial charge on any atom is -0.493 e. The molecule has 0 amide bonds. The minimum atomic E-state index is -0.643. The molecule has 1 heterocycles. The Labute approximate surface area is 122 Å². The summed E-state index contributed by atoms with van der Waals surface area (Å²) in [7, 11) is 0. The van der Waals surface area contributed by atoms with Gasteiger partial charge in [0.1, 0.15) is 11.9 Å². The Balaban J connectivity index is 2.01. The van der Waals surface area contributed by atoms with Crippen LogP contribution in [0.3, 0.4) is 0 Å². The van der Waals surface area contributed by atoms with E-state index in [9.17, 15) is 5.11 Å². The zero-order valence-electron chi connectivity index (χ0n) is 11.2. The SMILES string of the molecule is CCOc1ccccc1C(O)c1cc2ccccc2s1. The molecule has 0 aliphatic rings. The third-order valence-electron chi connectivity index (χ3n) is 3.23. The molecule has 3 aromatic rings. The summed E-state index contributed by atoms with van der Waals surface area (Å²) in [5.41, 5.74) is 0.820. The number of fused-ring (bicyclic) bond motifs is 1. The van der Waals surface area contributed by atoms with E-state index >= 15 is 0 Å². The molecule has 2 nitrogen and oxygen atoms in total. The number of para-hydroxylation sites is 1. The summed E-state index contributed by atoms with van der Waals surface area (Å²) >= 11 is 1.62. The molecule has 1 aromatic heterocycles. The molecule has 0 radical (unpaired) electrons. The van der Waals surface area contributed by atoms with Gasteiger partial charge in [0.25, 0.3) is 0 Å². The van der Waals surface area contributed by atoms with Gasteiger partial charge < -0.3 is 9.84 Å². The van der Waals surface area contributed by atoms with Crippen molar-refractivity contribution in [3.63, 3.8) is 0 Å². The highest BCUT2D eigenvalue weighted by Crippen LogP contribution is 2.36. The highest BCUT2D eigenvalue weighted by atomic mass is 32.1. The minimum absolute atomic E-state index is 0.593. The Morgan fingerprint density at radius 3 is 2.65 bits per heavy atom. The second-order valence-corrected chi connectivity index (χ2v) is 5.68. The van der Waals surface area contributed by atoms with E-state index in [1.54, 1.807) is 11.3 Å². The summed E-state index contributed by atoms with van der Waals surface area (Å²) in [5, 5.41) is 11.8. The molecule has 0 aliphatic heterocycles. The van der Waals surface area contributed by atoms with Crippen LogP contribution in [0.25, 0.3) is 10.1 Å². The van der Waals surface area contributed by atoms with E-state index in [4.69, 9.17) is 4.74 Å². The summed E-state index contributed by atoms with van der Waals surface area (Å²) in [6.07, 6.45) is -0.643. The fourth-order valence-corrected chi connectivity index (χ4v) is 3.35. The summed E-state index contributed by atoms with van der Waals surface area (Å²) in [4.78, 5) is 0.943. The molecule has 0 spiro atoms. The molecule has 3 heteroatoms. The van der Waals surface area contributed by atoms with Crippen LogP contribution in [0.1, 0.15) is 23.5 Å². The Kier molecular flexibility index (Phi) is 3.72. The lowest BCUT2D eigenvalue weighted by Crippen LogP contribution is -2.02. The van der Waals surface area contributed by atoms with Crippen LogP contribution in [0.5, 0.6) is 5.75 Å². The van der Waals surface area contributed by atoms with Crippen molar-refractivity contribution in [1.82, 2.24) is 0 Å². The second-order valence-electron chi connectivity index (χ2n) is 4.56. The molecule has 20 heavy (non-hydrogen) atoms. The molecule has 1 atom stereocenters. The Morgan fingerprint density at radius 1 is 1.10 bits per heavy atom. The number of benzene rings is 2. The van der Waals surface area contributed by atoms with Gasteiger partial charge in [-0.05, 0) is 30.5 Å². The van der Waals surface area contributed by atoms with Gasteiger partial charge in [0.2, 0.25) is 0 Å². The number of hydrogen-bond donors (Lipinski definition) is 1. The predicted octanol–water partition coefficient (Wildman–Crippen LogP) is 4.38. The maximum Gasteiger partial charge on any atom is 0.125 e. The molecule has 102 valence electrons. The molecule has 0 aliphatic carbocycles. The van der Waals surface area contributed by atoms with Crippen molar-refractivity contribution < 1.29 is 9.84 Å². The predicted molar refractivity (Wildman–Crippen MR) is 83.5 cm³/mol. The van der Waals surface area contributed by atoms with E-state index < -0.39 is 6.10 Å². The molecular weight excluding hydrogens is 268 g/mol. The maximum absolute atomic E-state index is 10.6. The van der Waals surface area contributed by atoms with Crippen molar-refractivity contribution >= 4 is 21.4 Å². The van der Waals surface area contributed by atoms with Crippen LogP contribution in [0.4, 0.5) is 0 Å². The first-order valence-electron chi connectivity index (χ1n) is 6.68. The van der Waals surface area contributed by atoms with E-state index in [0.717, 1.165) is 16.2 Å². The third-order valence-corrected chi connectivity index (χ3v) is 4.40. The van der Waals surface area contributed by atoms with E-state index in [1.165, 1.54) is 10.1 Å². The number of ether oxygens (including phenoxy) is 1. The lowest BCUT2D eigenvalue weighted by Gasteiger charge is -2.14. The molecule has 0 fully saturated rings.